The van der Waals surface area contributed by atoms with Crippen molar-refractivity contribution in [2.24, 2.45) is 0 Å². The zero-order valence-corrected chi connectivity index (χ0v) is 20.7. The average molecular weight is 501 g/mol. The van der Waals surface area contributed by atoms with Gasteiger partial charge in [-0.3, -0.25) is 0 Å². The highest BCUT2D eigenvalue weighted by atomic mass is 35.5. The molecular weight excluding hydrogens is 476 g/mol. The number of rotatable bonds is 6. The van der Waals surface area contributed by atoms with E-state index in [2.05, 4.69) is 31.5 Å². The molecule has 0 bridgehead atoms. The molecule has 36 heavy (non-hydrogen) atoms. The van der Waals surface area contributed by atoms with Gasteiger partial charge in [0.15, 0.2) is 5.15 Å². The molecule has 0 spiro atoms. The fourth-order valence-corrected chi connectivity index (χ4v) is 4.50. The Bertz CT molecular complexity index is 1450. The first kappa shape index (κ1) is 23.6. The number of hydrogen-bond acceptors (Lipinski definition) is 5. The van der Waals surface area contributed by atoms with E-state index >= 15 is 0 Å². The monoisotopic (exact) mass is 500 g/mol. The van der Waals surface area contributed by atoms with Crippen LogP contribution >= 0.6 is 11.6 Å². The highest BCUT2D eigenvalue weighted by molar-refractivity contribution is 6.29. The predicted molar refractivity (Wildman–Crippen MR) is 139 cm³/mol. The number of anilines is 1. The summed E-state index contributed by atoms with van der Waals surface area (Å²) in [5.41, 5.74) is 4.02. The van der Waals surface area contributed by atoms with Gasteiger partial charge in [0, 0.05) is 35.3 Å². The van der Waals surface area contributed by atoms with Crippen LogP contribution in [0, 0.1) is 11.3 Å². The first-order valence-corrected chi connectivity index (χ1v) is 12.2. The SMILES string of the molecule is CC(C)NC(=O)Nc1ccc(-c2c(C#N)c3ccc(Oc4ccc(Cl)nn4)cc3n2C2CCC2)cc1. The molecule has 1 fully saturated rings. The molecule has 8 nitrogen and oxygen atoms in total. The number of nitrogens with one attached hydrogen (secondary N) is 2. The molecule has 2 amide bonds. The van der Waals surface area contributed by atoms with Crippen LogP contribution in [0.3, 0.4) is 0 Å². The second-order valence-corrected chi connectivity index (χ2v) is 9.48. The Morgan fingerprint density at radius 2 is 1.92 bits per heavy atom. The number of benzene rings is 2. The Hall–Kier alpha value is -4.09. The van der Waals surface area contributed by atoms with Gasteiger partial charge in [0.1, 0.15) is 11.8 Å². The number of nitrogens with zero attached hydrogens (tertiary/aromatic N) is 4. The van der Waals surface area contributed by atoms with Crippen LogP contribution in [0.15, 0.2) is 54.6 Å². The molecule has 2 aromatic heterocycles. The van der Waals surface area contributed by atoms with Crippen LogP contribution in [-0.2, 0) is 0 Å². The molecule has 1 aliphatic carbocycles. The lowest BCUT2D eigenvalue weighted by molar-refractivity contribution is 0.250. The second kappa shape index (κ2) is 9.88. The number of aromatic nitrogens is 3. The first-order chi connectivity index (χ1) is 17.4. The number of halogens is 1. The van der Waals surface area contributed by atoms with Crippen LogP contribution in [0.25, 0.3) is 22.2 Å². The minimum absolute atomic E-state index is 0.0428. The number of hydrogen-bond donors (Lipinski definition) is 2. The molecule has 1 saturated carbocycles. The van der Waals surface area contributed by atoms with Crippen molar-refractivity contribution in [3.8, 4) is 29.0 Å². The Balaban J connectivity index is 1.54. The fraction of sp³-hybridized carbons (Fsp3) is 0.259. The van der Waals surface area contributed by atoms with Crippen LogP contribution in [0.1, 0.15) is 44.7 Å². The van der Waals surface area contributed by atoms with Crippen LogP contribution < -0.4 is 15.4 Å². The molecule has 0 aliphatic heterocycles. The van der Waals surface area contributed by atoms with Gasteiger partial charge in [-0.05, 0) is 69.0 Å². The van der Waals surface area contributed by atoms with E-state index in [4.69, 9.17) is 16.3 Å². The lowest BCUT2D eigenvalue weighted by atomic mass is 9.92. The maximum atomic E-state index is 12.1. The standard InChI is InChI=1S/C27H25ClN6O2/c1-16(2)30-27(35)31-18-8-6-17(7-9-18)26-22(15-29)21-11-10-20(36-25-13-12-24(28)32-33-25)14-23(21)34(26)19-4-3-5-19/h6-14,16,19H,3-5H2,1-2H3,(H2,30,31,35). The van der Waals surface area contributed by atoms with E-state index in [1.54, 1.807) is 12.1 Å². The van der Waals surface area contributed by atoms with E-state index < -0.39 is 0 Å². The zero-order valence-electron chi connectivity index (χ0n) is 20.0. The molecule has 5 rings (SSSR count). The molecule has 0 unspecified atom stereocenters. The van der Waals surface area contributed by atoms with E-state index in [1.807, 2.05) is 56.3 Å². The number of nitriles is 1. The summed E-state index contributed by atoms with van der Waals surface area (Å²) in [7, 11) is 0. The van der Waals surface area contributed by atoms with Gasteiger partial charge in [-0.2, -0.15) is 5.26 Å². The third kappa shape index (κ3) is 4.70. The van der Waals surface area contributed by atoms with Crippen molar-refractivity contribution in [1.29, 1.82) is 5.26 Å². The van der Waals surface area contributed by atoms with Crippen LogP contribution in [-0.4, -0.2) is 26.8 Å². The van der Waals surface area contributed by atoms with Gasteiger partial charge in [0.2, 0.25) is 5.88 Å². The van der Waals surface area contributed by atoms with Gasteiger partial charge in [0.05, 0.1) is 16.8 Å². The van der Waals surface area contributed by atoms with Gasteiger partial charge in [0.25, 0.3) is 0 Å². The van der Waals surface area contributed by atoms with E-state index in [9.17, 15) is 10.1 Å². The summed E-state index contributed by atoms with van der Waals surface area (Å²) >= 11 is 5.83. The molecule has 0 radical (unpaired) electrons. The van der Waals surface area contributed by atoms with Crippen molar-refractivity contribution in [2.45, 2.75) is 45.2 Å². The minimum atomic E-state index is -0.253. The van der Waals surface area contributed by atoms with Gasteiger partial charge in [-0.1, -0.05) is 23.7 Å². The number of fused-ring (bicyclic) bond motifs is 1. The topological polar surface area (TPSA) is 105 Å². The molecule has 0 atom stereocenters. The third-order valence-electron chi connectivity index (χ3n) is 6.19. The summed E-state index contributed by atoms with van der Waals surface area (Å²) in [4.78, 5) is 12.1. The van der Waals surface area contributed by atoms with Crippen molar-refractivity contribution < 1.29 is 9.53 Å². The van der Waals surface area contributed by atoms with E-state index in [1.165, 1.54) is 0 Å². The smallest absolute Gasteiger partial charge is 0.319 e. The highest BCUT2D eigenvalue weighted by Gasteiger charge is 2.28. The van der Waals surface area contributed by atoms with Crippen LogP contribution in [0.4, 0.5) is 10.5 Å². The molecule has 2 aromatic carbocycles. The van der Waals surface area contributed by atoms with Gasteiger partial charge >= 0.3 is 6.03 Å². The summed E-state index contributed by atoms with van der Waals surface area (Å²) in [6, 6.07) is 19.1. The number of carbonyl (C=O) groups is 1. The van der Waals surface area contributed by atoms with Gasteiger partial charge < -0.3 is 19.9 Å². The summed E-state index contributed by atoms with van der Waals surface area (Å²) in [6.07, 6.45) is 3.24. The summed E-state index contributed by atoms with van der Waals surface area (Å²) in [5, 5.41) is 24.8. The van der Waals surface area contributed by atoms with E-state index in [0.717, 1.165) is 41.4 Å². The van der Waals surface area contributed by atoms with Crippen molar-refractivity contribution in [2.75, 3.05) is 5.32 Å². The van der Waals surface area contributed by atoms with Gasteiger partial charge in [-0.25, -0.2) is 4.79 Å². The number of carbonyl (C=O) groups excluding carboxylic acids is 1. The average Bonchev–Trinajstić information content (AvgIpc) is 3.13. The summed E-state index contributed by atoms with van der Waals surface area (Å²) < 4.78 is 8.18. The summed E-state index contributed by atoms with van der Waals surface area (Å²) in [5.74, 6) is 0.940. The highest BCUT2D eigenvalue weighted by Crippen LogP contribution is 2.43. The zero-order chi connectivity index (χ0) is 25.2. The van der Waals surface area contributed by atoms with Crippen LogP contribution in [0.2, 0.25) is 5.15 Å². The molecule has 0 saturated heterocycles. The van der Waals surface area contributed by atoms with Crippen molar-refractivity contribution in [3.05, 3.63) is 65.3 Å². The molecule has 182 valence electrons. The Labute approximate surface area is 213 Å². The maximum Gasteiger partial charge on any atom is 0.319 e. The number of ether oxygens (including phenoxy) is 1. The predicted octanol–water partition coefficient (Wildman–Crippen LogP) is 6.67. The van der Waals surface area contributed by atoms with Crippen molar-refractivity contribution in [1.82, 2.24) is 20.1 Å². The third-order valence-corrected chi connectivity index (χ3v) is 6.39. The molecule has 9 heteroatoms. The number of urea groups is 1. The quantitative estimate of drug-likeness (QED) is 0.307. The largest absolute Gasteiger partial charge is 0.437 e. The van der Waals surface area contributed by atoms with E-state index in [0.29, 0.717) is 34.1 Å². The lowest BCUT2D eigenvalue weighted by Crippen LogP contribution is -2.34. The normalized spacial score (nSPS) is 13.3. The molecule has 2 N–H and O–H groups in total. The molecular formula is C27H25ClN6O2. The summed E-state index contributed by atoms with van der Waals surface area (Å²) in [6.45, 7) is 3.81. The molecule has 2 heterocycles. The Kier molecular flexibility index (Phi) is 6.49. The van der Waals surface area contributed by atoms with Crippen molar-refractivity contribution in [3.63, 3.8) is 0 Å². The lowest BCUT2D eigenvalue weighted by Gasteiger charge is -2.30. The Morgan fingerprint density at radius 1 is 1.14 bits per heavy atom. The van der Waals surface area contributed by atoms with Crippen molar-refractivity contribution >= 4 is 34.2 Å². The number of amides is 2. The molecule has 1 aliphatic rings. The second-order valence-electron chi connectivity index (χ2n) is 9.10. The van der Waals surface area contributed by atoms with E-state index in [-0.39, 0.29) is 12.1 Å². The molecule has 4 aromatic rings. The Morgan fingerprint density at radius 3 is 2.53 bits per heavy atom. The fourth-order valence-electron chi connectivity index (χ4n) is 4.39. The van der Waals surface area contributed by atoms with Gasteiger partial charge in [-0.15, -0.1) is 10.2 Å². The first-order valence-electron chi connectivity index (χ1n) is 11.9. The maximum absolute atomic E-state index is 12.1. The minimum Gasteiger partial charge on any atom is -0.437 e. The van der Waals surface area contributed by atoms with Crippen LogP contribution in [0.5, 0.6) is 11.6 Å².